The Morgan fingerprint density at radius 2 is 1.96 bits per heavy atom. The topological polar surface area (TPSA) is 43.5 Å². The lowest BCUT2D eigenvalue weighted by atomic mass is 9.69. The molecule has 0 N–H and O–H groups in total. The predicted molar refractivity (Wildman–Crippen MR) is 93.3 cm³/mol. The Morgan fingerprint density at radius 3 is 2.72 bits per heavy atom. The molecule has 5 rings (SSSR count). The SMILES string of the molecule is COc1cc2c(cc1OC)[C@]13C[C@@H](OC)C=C[C@@]14O[C@H]4CN3CCC2. The van der Waals surface area contributed by atoms with E-state index in [0.29, 0.717) is 6.10 Å². The largest absolute Gasteiger partial charge is 0.493 e. The molecule has 2 fully saturated rings. The number of hydrogen-bond donors (Lipinski definition) is 0. The number of methoxy groups -OCH3 is 3. The van der Waals surface area contributed by atoms with Gasteiger partial charge in [0.2, 0.25) is 0 Å². The molecule has 0 saturated carbocycles. The minimum Gasteiger partial charge on any atom is -0.493 e. The Morgan fingerprint density at radius 1 is 1.16 bits per heavy atom. The number of aryl methyl sites for hydroxylation is 1. The molecule has 1 aromatic rings. The van der Waals surface area contributed by atoms with E-state index >= 15 is 0 Å². The fourth-order valence-corrected chi connectivity index (χ4v) is 5.43. The Kier molecular flexibility index (Phi) is 3.28. The molecule has 134 valence electrons. The minimum atomic E-state index is -0.208. The minimum absolute atomic E-state index is 0.107. The van der Waals surface area contributed by atoms with Gasteiger partial charge < -0.3 is 18.9 Å². The van der Waals surface area contributed by atoms with Crippen LogP contribution < -0.4 is 9.47 Å². The number of morpholine rings is 1. The third-order valence-corrected chi connectivity index (χ3v) is 6.62. The van der Waals surface area contributed by atoms with Crippen LogP contribution in [-0.4, -0.2) is 57.1 Å². The number of epoxide rings is 1. The molecule has 5 nitrogen and oxygen atoms in total. The van der Waals surface area contributed by atoms with Gasteiger partial charge in [-0.15, -0.1) is 0 Å². The third kappa shape index (κ3) is 1.84. The zero-order valence-electron chi connectivity index (χ0n) is 15.1. The van der Waals surface area contributed by atoms with E-state index in [0.717, 1.165) is 43.9 Å². The van der Waals surface area contributed by atoms with Gasteiger partial charge in [0, 0.05) is 20.1 Å². The van der Waals surface area contributed by atoms with Gasteiger partial charge in [-0.05, 0) is 48.7 Å². The van der Waals surface area contributed by atoms with Gasteiger partial charge in [0.25, 0.3) is 0 Å². The molecular formula is C20H25NO4. The van der Waals surface area contributed by atoms with Gasteiger partial charge in [-0.2, -0.15) is 0 Å². The van der Waals surface area contributed by atoms with Crippen LogP contribution in [0.15, 0.2) is 24.3 Å². The van der Waals surface area contributed by atoms with Crippen molar-refractivity contribution < 1.29 is 18.9 Å². The highest BCUT2D eigenvalue weighted by molar-refractivity contribution is 5.55. The van der Waals surface area contributed by atoms with Crippen molar-refractivity contribution in [3.63, 3.8) is 0 Å². The van der Waals surface area contributed by atoms with Crippen LogP contribution >= 0.6 is 0 Å². The van der Waals surface area contributed by atoms with Gasteiger partial charge in [0.1, 0.15) is 11.7 Å². The van der Waals surface area contributed by atoms with E-state index in [9.17, 15) is 0 Å². The van der Waals surface area contributed by atoms with Gasteiger partial charge in [-0.1, -0.05) is 6.08 Å². The summed E-state index contributed by atoms with van der Waals surface area (Å²) in [6, 6.07) is 4.35. The molecule has 4 aliphatic rings. The second-order valence-electron chi connectivity index (χ2n) is 7.51. The number of hydrogen-bond acceptors (Lipinski definition) is 5. The van der Waals surface area contributed by atoms with E-state index in [4.69, 9.17) is 18.9 Å². The van der Waals surface area contributed by atoms with E-state index in [1.165, 1.54) is 11.1 Å². The molecular weight excluding hydrogens is 318 g/mol. The lowest BCUT2D eigenvalue weighted by molar-refractivity contribution is -0.0222. The zero-order chi connectivity index (χ0) is 17.2. The van der Waals surface area contributed by atoms with Gasteiger partial charge in [-0.3, -0.25) is 4.90 Å². The van der Waals surface area contributed by atoms with Crippen molar-refractivity contribution in [3.8, 4) is 11.5 Å². The molecule has 1 aromatic carbocycles. The standard InChI is InChI=1S/C20H25NO4/c1-22-14-6-7-20-18(25-20)12-21-8-4-5-13-9-16(23-2)17(24-3)10-15(13)19(20,21)11-14/h6-7,9-10,14,18H,4-5,8,11-12H2,1-3H3/t14-,18-,19+,20-/m0/s1. The average Bonchev–Trinajstić information content (AvgIpc) is 3.30. The van der Waals surface area contributed by atoms with Crippen LogP contribution in [0.3, 0.4) is 0 Å². The molecule has 0 radical (unpaired) electrons. The summed E-state index contributed by atoms with van der Waals surface area (Å²) < 4.78 is 23.2. The van der Waals surface area contributed by atoms with Crippen LogP contribution in [-0.2, 0) is 21.4 Å². The van der Waals surface area contributed by atoms with Crippen molar-refractivity contribution in [2.45, 2.75) is 42.6 Å². The Hall–Kier alpha value is -1.56. The maximum Gasteiger partial charge on any atom is 0.161 e. The van der Waals surface area contributed by atoms with E-state index in [2.05, 4.69) is 29.2 Å². The molecule has 4 atom stereocenters. The first kappa shape index (κ1) is 15.7. The summed E-state index contributed by atoms with van der Waals surface area (Å²) in [5.74, 6) is 1.60. The van der Waals surface area contributed by atoms with Crippen molar-refractivity contribution >= 4 is 0 Å². The van der Waals surface area contributed by atoms with Gasteiger partial charge in [-0.25, -0.2) is 0 Å². The van der Waals surface area contributed by atoms with Crippen LogP contribution in [0.5, 0.6) is 11.5 Å². The van der Waals surface area contributed by atoms with E-state index < -0.39 is 0 Å². The molecule has 3 heterocycles. The second kappa shape index (κ2) is 5.22. The van der Waals surface area contributed by atoms with Crippen molar-refractivity contribution in [2.75, 3.05) is 34.4 Å². The molecule has 25 heavy (non-hydrogen) atoms. The highest BCUT2D eigenvalue weighted by atomic mass is 16.6. The lowest BCUT2D eigenvalue weighted by Crippen LogP contribution is -2.54. The van der Waals surface area contributed by atoms with Crippen molar-refractivity contribution in [3.05, 3.63) is 35.4 Å². The zero-order valence-corrected chi connectivity index (χ0v) is 15.1. The third-order valence-electron chi connectivity index (χ3n) is 6.62. The normalized spacial score (nSPS) is 38.2. The molecule has 2 spiro atoms. The molecule has 1 aliphatic carbocycles. The Bertz CT molecular complexity index is 747. The summed E-state index contributed by atoms with van der Waals surface area (Å²) >= 11 is 0. The maximum atomic E-state index is 6.28. The number of ether oxygens (including phenoxy) is 4. The summed E-state index contributed by atoms with van der Waals surface area (Å²) in [7, 11) is 5.20. The monoisotopic (exact) mass is 343 g/mol. The summed E-state index contributed by atoms with van der Waals surface area (Å²) in [5.41, 5.74) is 2.30. The van der Waals surface area contributed by atoms with Crippen LogP contribution in [0.25, 0.3) is 0 Å². The first-order valence-electron chi connectivity index (χ1n) is 9.09. The molecule has 0 aromatic heterocycles. The van der Waals surface area contributed by atoms with Gasteiger partial charge in [0.15, 0.2) is 11.5 Å². The second-order valence-corrected chi connectivity index (χ2v) is 7.51. The van der Waals surface area contributed by atoms with Crippen LogP contribution in [0.1, 0.15) is 24.0 Å². The molecule has 2 saturated heterocycles. The number of fused-ring (bicyclic) bond motifs is 1. The number of benzene rings is 1. The maximum absolute atomic E-state index is 6.28. The first-order valence-corrected chi connectivity index (χ1v) is 9.09. The van der Waals surface area contributed by atoms with Crippen LogP contribution in [0.2, 0.25) is 0 Å². The van der Waals surface area contributed by atoms with Crippen molar-refractivity contribution in [1.29, 1.82) is 0 Å². The first-order chi connectivity index (χ1) is 12.2. The summed E-state index contributed by atoms with van der Waals surface area (Å²) in [5, 5.41) is 0. The van der Waals surface area contributed by atoms with Gasteiger partial charge in [0.05, 0.1) is 25.9 Å². The Balaban J connectivity index is 1.75. The molecule has 0 unspecified atom stereocenters. The van der Waals surface area contributed by atoms with Crippen molar-refractivity contribution in [2.24, 2.45) is 0 Å². The van der Waals surface area contributed by atoms with Crippen LogP contribution in [0, 0.1) is 0 Å². The molecule has 0 bridgehead atoms. The molecule has 3 aliphatic heterocycles. The summed E-state index contributed by atoms with van der Waals surface area (Å²) in [6.45, 7) is 2.08. The predicted octanol–water partition coefficient (Wildman–Crippen LogP) is 2.27. The smallest absolute Gasteiger partial charge is 0.161 e. The average molecular weight is 343 g/mol. The molecule has 0 amide bonds. The quantitative estimate of drug-likeness (QED) is 0.622. The highest BCUT2D eigenvalue weighted by Gasteiger charge is 2.77. The van der Waals surface area contributed by atoms with E-state index in [1.54, 1.807) is 21.3 Å². The van der Waals surface area contributed by atoms with E-state index in [-0.39, 0.29) is 17.2 Å². The van der Waals surface area contributed by atoms with Gasteiger partial charge >= 0.3 is 0 Å². The summed E-state index contributed by atoms with van der Waals surface area (Å²) in [6.07, 6.45) is 7.96. The molecule has 5 heteroatoms. The van der Waals surface area contributed by atoms with Crippen LogP contribution in [0.4, 0.5) is 0 Å². The van der Waals surface area contributed by atoms with E-state index in [1.807, 2.05) is 0 Å². The number of rotatable bonds is 3. The Labute approximate surface area is 148 Å². The number of nitrogens with zero attached hydrogens (tertiary/aromatic N) is 1. The fourth-order valence-electron chi connectivity index (χ4n) is 5.43. The fraction of sp³-hybridized carbons (Fsp3) is 0.600. The highest BCUT2D eigenvalue weighted by Crippen LogP contribution is 2.65. The summed E-state index contributed by atoms with van der Waals surface area (Å²) in [4.78, 5) is 2.63. The van der Waals surface area contributed by atoms with Crippen molar-refractivity contribution in [1.82, 2.24) is 4.90 Å². The lowest BCUT2D eigenvalue weighted by Gasteiger charge is -2.47.